The minimum Gasteiger partial charge on any atom is -0.392 e. The van der Waals surface area contributed by atoms with Crippen LogP contribution in [0.25, 0.3) is 0 Å². The van der Waals surface area contributed by atoms with Crippen molar-refractivity contribution in [2.45, 2.75) is 63.9 Å². The molecule has 2 heterocycles. The first kappa shape index (κ1) is 15.3. The fourth-order valence-corrected chi connectivity index (χ4v) is 4.56. The summed E-state index contributed by atoms with van der Waals surface area (Å²) in [5.41, 5.74) is -0.525. The molecule has 1 amide bonds. The first-order chi connectivity index (χ1) is 10.2. The van der Waals surface area contributed by atoms with Crippen molar-refractivity contribution < 1.29 is 9.90 Å². The van der Waals surface area contributed by atoms with E-state index in [0.29, 0.717) is 0 Å². The molecule has 0 unspecified atom stereocenters. The second-order valence-corrected chi connectivity index (χ2v) is 7.39. The van der Waals surface area contributed by atoms with Crippen molar-refractivity contribution in [1.29, 1.82) is 0 Å². The van der Waals surface area contributed by atoms with Crippen molar-refractivity contribution in [3.8, 4) is 0 Å². The minimum absolute atomic E-state index is 0.0867. The molecule has 2 N–H and O–H groups in total. The number of nitrogens with zero attached hydrogens (tertiary/aromatic N) is 1. The van der Waals surface area contributed by atoms with E-state index in [2.05, 4.69) is 10.2 Å². The molecular weight excluding hydrogens is 264 g/mol. The lowest BCUT2D eigenvalue weighted by atomic mass is 9.71. The molecule has 1 spiro atoms. The van der Waals surface area contributed by atoms with Crippen molar-refractivity contribution in [3.05, 3.63) is 0 Å². The van der Waals surface area contributed by atoms with Crippen LogP contribution < -0.4 is 5.32 Å². The molecule has 1 saturated carbocycles. The Morgan fingerprint density at radius 1 is 1.19 bits per heavy atom. The van der Waals surface area contributed by atoms with Crippen molar-refractivity contribution in [2.24, 2.45) is 11.3 Å². The number of amides is 1. The standard InChI is InChI=1S/C17H30N2O2/c20-15-8-12-19(11-7-14-5-2-1-3-6-14)13-17(15)9-4-10-18-16(17)21/h14-15,20H,1-13H2,(H,18,21)/t15-,17-/m1/s1. The molecule has 2 saturated heterocycles. The van der Waals surface area contributed by atoms with Crippen molar-refractivity contribution >= 4 is 5.91 Å². The van der Waals surface area contributed by atoms with E-state index < -0.39 is 11.5 Å². The molecule has 3 fully saturated rings. The van der Waals surface area contributed by atoms with Crippen LogP contribution in [0.2, 0.25) is 0 Å². The summed E-state index contributed by atoms with van der Waals surface area (Å²) in [5.74, 6) is 0.977. The number of nitrogens with one attached hydrogen (secondary N) is 1. The van der Waals surface area contributed by atoms with Gasteiger partial charge in [-0.15, -0.1) is 0 Å². The Labute approximate surface area is 128 Å². The van der Waals surface area contributed by atoms with Crippen LogP contribution in [0, 0.1) is 11.3 Å². The Balaban J connectivity index is 1.56. The van der Waals surface area contributed by atoms with Crippen LogP contribution in [-0.4, -0.2) is 48.2 Å². The maximum atomic E-state index is 12.3. The van der Waals surface area contributed by atoms with E-state index in [9.17, 15) is 9.90 Å². The number of likely N-dealkylation sites (tertiary alicyclic amines) is 1. The van der Waals surface area contributed by atoms with E-state index in [0.717, 1.165) is 51.4 Å². The van der Waals surface area contributed by atoms with Gasteiger partial charge in [-0.05, 0) is 38.1 Å². The Bertz CT molecular complexity index is 368. The van der Waals surface area contributed by atoms with Crippen LogP contribution in [0.4, 0.5) is 0 Å². The molecule has 0 radical (unpaired) electrons. The Morgan fingerprint density at radius 3 is 2.76 bits per heavy atom. The van der Waals surface area contributed by atoms with E-state index in [1.54, 1.807) is 0 Å². The minimum atomic E-state index is -0.525. The summed E-state index contributed by atoms with van der Waals surface area (Å²) in [4.78, 5) is 14.8. The van der Waals surface area contributed by atoms with Gasteiger partial charge in [0.05, 0.1) is 11.5 Å². The van der Waals surface area contributed by atoms with Crippen LogP contribution in [0.1, 0.15) is 57.8 Å². The molecule has 0 aromatic rings. The lowest BCUT2D eigenvalue weighted by Gasteiger charge is -2.47. The molecule has 120 valence electrons. The van der Waals surface area contributed by atoms with Crippen LogP contribution in [-0.2, 0) is 4.79 Å². The van der Waals surface area contributed by atoms with Gasteiger partial charge in [0.15, 0.2) is 0 Å². The van der Waals surface area contributed by atoms with Gasteiger partial charge in [0.2, 0.25) is 5.91 Å². The van der Waals surface area contributed by atoms with E-state index in [-0.39, 0.29) is 5.91 Å². The topological polar surface area (TPSA) is 52.6 Å². The lowest BCUT2D eigenvalue weighted by Crippen LogP contribution is -2.61. The van der Waals surface area contributed by atoms with Gasteiger partial charge >= 0.3 is 0 Å². The molecule has 21 heavy (non-hydrogen) atoms. The number of piperidine rings is 2. The van der Waals surface area contributed by atoms with Crippen LogP contribution in [0.5, 0.6) is 0 Å². The smallest absolute Gasteiger partial charge is 0.230 e. The number of rotatable bonds is 3. The van der Waals surface area contributed by atoms with Gasteiger partial charge in [0.1, 0.15) is 0 Å². The normalized spacial score (nSPS) is 35.9. The molecule has 0 aromatic heterocycles. The van der Waals surface area contributed by atoms with Crippen molar-refractivity contribution in [3.63, 3.8) is 0 Å². The molecule has 4 nitrogen and oxygen atoms in total. The predicted molar refractivity (Wildman–Crippen MR) is 82.9 cm³/mol. The van der Waals surface area contributed by atoms with Crippen molar-refractivity contribution in [2.75, 3.05) is 26.2 Å². The van der Waals surface area contributed by atoms with E-state index in [1.807, 2.05) is 0 Å². The van der Waals surface area contributed by atoms with Gasteiger partial charge in [-0.1, -0.05) is 32.1 Å². The fourth-order valence-electron chi connectivity index (χ4n) is 4.56. The fraction of sp³-hybridized carbons (Fsp3) is 0.941. The van der Waals surface area contributed by atoms with Crippen LogP contribution >= 0.6 is 0 Å². The Kier molecular flexibility index (Phi) is 4.85. The molecule has 2 atom stereocenters. The monoisotopic (exact) mass is 294 g/mol. The molecular formula is C17H30N2O2. The van der Waals surface area contributed by atoms with Gasteiger partial charge in [0.25, 0.3) is 0 Å². The maximum absolute atomic E-state index is 12.3. The first-order valence-corrected chi connectivity index (χ1v) is 8.89. The molecule has 0 aromatic carbocycles. The summed E-state index contributed by atoms with van der Waals surface area (Å²) < 4.78 is 0. The molecule has 3 rings (SSSR count). The molecule has 4 heteroatoms. The van der Waals surface area contributed by atoms with E-state index >= 15 is 0 Å². The summed E-state index contributed by atoms with van der Waals surface area (Å²) in [6.07, 6.45) is 10.4. The maximum Gasteiger partial charge on any atom is 0.230 e. The van der Waals surface area contributed by atoms with Gasteiger partial charge in [-0.25, -0.2) is 0 Å². The second kappa shape index (κ2) is 6.66. The molecule has 1 aliphatic carbocycles. The zero-order chi connectivity index (χ0) is 14.7. The number of aliphatic hydroxyl groups excluding tert-OH is 1. The molecule has 3 aliphatic rings. The summed E-state index contributed by atoms with van der Waals surface area (Å²) in [7, 11) is 0. The van der Waals surface area contributed by atoms with Crippen molar-refractivity contribution in [1.82, 2.24) is 10.2 Å². The van der Waals surface area contributed by atoms with Gasteiger partial charge in [-0.2, -0.15) is 0 Å². The third-order valence-corrected chi connectivity index (χ3v) is 5.98. The number of carbonyl (C=O) groups is 1. The average Bonchev–Trinajstić information content (AvgIpc) is 2.52. The summed E-state index contributed by atoms with van der Waals surface area (Å²) in [5, 5.41) is 13.4. The Morgan fingerprint density at radius 2 is 2.00 bits per heavy atom. The molecule has 2 aliphatic heterocycles. The highest BCUT2D eigenvalue weighted by Gasteiger charge is 2.49. The predicted octanol–water partition coefficient (Wildman–Crippen LogP) is 1.92. The zero-order valence-corrected chi connectivity index (χ0v) is 13.1. The summed E-state index contributed by atoms with van der Waals surface area (Å²) in [6.45, 7) is 3.58. The third-order valence-electron chi connectivity index (χ3n) is 5.98. The quantitative estimate of drug-likeness (QED) is 0.836. The van der Waals surface area contributed by atoms with E-state index in [1.165, 1.54) is 38.5 Å². The van der Waals surface area contributed by atoms with Gasteiger partial charge in [-0.3, -0.25) is 4.79 Å². The number of aliphatic hydroxyl groups is 1. The number of hydrogen-bond donors (Lipinski definition) is 2. The third kappa shape index (κ3) is 3.26. The van der Waals surface area contributed by atoms with Gasteiger partial charge in [0, 0.05) is 19.6 Å². The Hall–Kier alpha value is -0.610. The summed E-state index contributed by atoms with van der Waals surface area (Å²) in [6, 6.07) is 0. The van der Waals surface area contributed by atoms with Gasteiger partial charge < -0.3 is 15.3 Å². The van der Waals surface area contributed by atoms with E-state index in [4.69, 9.17) is 0 Å². The lowest BCUT2D eigenvalue weighted by molar-refractivity contribution is -0.149. The van der Waals surface area contributed by atoms with Crippen LogP contribution in [0.15, 0.2) is 0 Å². The highest BCUT2D eigenvalue weighted by Crippen LogP contribution is 2.37. The van der Waals surface area contributed by atoms with Crippen LogP contribution in [0.3, 0.4) is 0 Å². The zero-order valence-electron chi connectivity index (χ0n) is 13.1. The first-order valence-electron chi connectivity index (χ1n) is 8.89. The number of hydrogen-bond acceptors (Lipinski definition) is 3. The molecule has 0 bridgehead atoms. The summed E-state index contributed by atoms with van der Waals surface area (Å²) >= 11 is 0. The average molecular weight is 294 g/mol. The highest BCUT2D eigenvalue weighted by atomic mass is 16.3. The highest BCUT2D eigenvalue weighted by molar-refractivity contribution is 5.84. The SMILES string of the molecule is O=C1NCCC[C@]12CN(CCC1CCCCC1)CC[C@H]2O. The number of carbonyl (C=O) groups excluding carboxylic acids is 1. The second-order valence-electron chi connectivity index (χ2n) is 7.39. The largest absolute Gasteiger partial charge is 0.392 e.